The number of hydrogen-bond donors (Lipinski definition) is 4. The molecule has 0 saturated heterocycles. The molecule has 10 heteroatoms. The molecule has 1 aromatic carbocycles. The van der Waals surface area contributed by atoms with Crippen molar-refractivity contribution < 1.29 is 9.72 Å². The zero-order valence-corrected chi connectivity index (χ0v) is 10.2. The highest BCUT2D eigenvalue weighted by atomic mass is 16.6. The number of nitrogens with zero attached hydrogens (tertiary/aromatic N) is 3. The molecule has 0 saturated carbocycles. The molecule has 2 rings (SSSR count). The number of aromatic amines is 1. The van der Waals surface area contributed by atoms with Gasteiger partial charge in [0.1, 0.15) is 17.8 Å². The van der Waals surface area contributed by atoms with E-state index in [9.17, 15) is 14.9 Å². The minimum Gasteiger partial charge on any atom is -0.345 e. The van der Waals surface area contributed by atoms with Gasteiger partial charge in [-0.3, -0.25) is 25.9 Å². The monoisotopic (exact) mass is 277 g/mol. The zero-order chi connectivity index (χ0) is 14.5. The maximum Gasteiger partial charge on any atom is 0.293 e. The Hall–Kier alpha value is -3.01. The molecule has 1 amide bonds. The van der Waals surface area contributed by atoms with Crippen molar-refractivity contribution in [2.75, 3.05) is 5.43 Å². The van der Waals surface area contributed by atoms with E-state index >= 15 is 0 Å². The number of hydrogen-bond acceptors (Lipinski definition) is 7. The molecule has 0 aliphatic carbocycles. The van der Waals surface area contributed by atoms with Crippen LogP contribution in [0.15, 0.2) is 24.5 Å². The van der Waals surface area contributed by atoms with Gasteiger partial charge < -0.3 is 10.7 Å². The molecule has 0 fully saturated rings. The molecule has 2 aromatic rings. The molecule has 104 valence electrons. The van der Waals surface area contributed by atoms with Crippen LogP contribution in [0, 0.1) is 10.1 Å². The van der Waals surface area contributed by atoms with Crippen LogP contribution in [0.1, 0.15) is 16.2 Å². The van der Waals surface area contributed by atoms with Crippen LogP contribution < -0.4 is 16.6 Å². The normalized spacial score (nSPS) is 10.1. The van der Waals surface area contributed by atoms with Gasteiger partial charge in [0, 0.05) is 11.6 Å². The highest BCUT2D eigenvalue weighted by Gasteiger charge is 2.16. The number of H-pyrrole nitrogens is 1. The van der Waals surface area contributed by atoms with Crippen molar-refractivity contribution in [3.8, 4) is 0 Å². The molecular weight excluding hydrogens is 266 g/mol. The number of hydrazine groups is 1. The lowest BCUT2D eigenvalue weighted by Crippen LogP contribution is -2.23. The fourth-order valence-electron chi connectivity index (χ4n) is 1.53. The fourth-order valence-corrected chi connectivity index (χ4v) is 1.53. The molecule has 0 aliphatic rings. The first-order chi connectivity index (χ1) is 9.61. The van der Waals surface area contributed by atoms with Crippen LogP contribution in [-0.4, -0.2) is 26.0 Å². The SMILES string of the molecule is NNc1cc(C(=O)NCc2ncn[nH]2)ccc1[N+](=O)[O-]. The number of benzene rings is 1. The largest absolute Gasteiger partial charge is 0.345 e. The smallest absolute Gasteiger partial charge is 0.293 e. The number of carbonyl (C=O) groups excluding carboxylic acids is 1. The summed E-state index contributed by atoms with van der Waals surface area (Å²) in [7, 11) is 0. The minimum atomic E-state index is -0.592. The first kappa shape index (κ1) is 13.4. The van der Waals surface area contributed by atoms with Gasteiger partial charge in [-0.2, -0.15) is 5.10 Å². The van der Waals surface area contributed by atoms with Gasteiger partial charge in [-0.25, -0.2) is 4.98 Å². The summed E-state index contributed by atoms with van der Waals surface area (Å²) in [4.78, 5) is 25.9. The molecule has 20 heavy (non-hydrogen) atoms. The van der Waals surface area contributed by atoms with Gasteiger partial charge in [0.25, 0.3) is 11.6 Å². The van der Waals surface area contributed by atoms with E-state index in [0.29, 0.717) is 5.82 Å². The predicted molar refractivity (Wildman–Crippen MR) is 68.5 cm³/mol. The van der Waals surface area contributed by atoms with Crippen LogP contribution in [0.3, 0.4) is 0 Å². The van der Waals surface area contributed by atoms with Crippen LogP contribution in [0.5, 0.6) is 0 Å². The molecule has 5 N–H and O–H groups in total. The summed E-state index contributed by atoms with van der Waals surface area (Å²) in [6, 6.07) is 3.85. The van der Waals surface area contributed by atoms with Crippen LogP contribution in [0.2, 0.25) is 0 Å². The Morgan fingerprint density at radius 2 is 2.30 bits per heavy atom. The number of rotatable bonds is 5. The van der Waals surface area contributed by atoms with E-state index in [2.05, 4.69) is 25.9 Å². The topological polar surface area (TPSA) is 152 Å². The molecule has 0 unspecified atom stereocenters. The average Bonchev–Trinajstić information content (AvgIpc) is 2.97. The molecule has 10 nitrogen and oxygen atoms in total. The second-order valence-corrected chi connectivity index (χ2v) is 3.75. The van der Waals surface area contributed by atoms with Gasteiger partial charge in [-0.05, 0) is 12.1 Å². The summed E-state index contributed by atoms with van der Waals surface area (Å²) in [6.07, 6.45) is 1.32. The van der Waals surface area contributed by atoms with E-state index in [-0.39, 0.29) is 23.5 Å². The molecule has 0 bridgehead atoms. The number of carbonyl (C=O) groups is 1. The number of nitrogen functional groups attached to an aromatic ring is 1. The van der Waals surface area contributed by atoms with Gasteiger partial charge in [0.05, 0.1) is 11.5 Å². The van der Waals surface area contributed by atoms with E-state index in [1.807, 2.05) is 0 Å². The number of nitrogens with two attached hydrogens (primary N) is 1. The van der Waals surface area contributed by atoms with Gasteiger partial charge in [-0.15, -0.1) is 0 Å². The standard InChI is InChI=1S/C10H11N7O3/c11-15-7-3-6(1-2-8(7)17(19)20)10(18)12-4-9-13-5-14-16-9/h1-3,5,15H,4,11H2,(H,12,18)(H,13,14,16). The summed E-state index contributed by atoms with van der Waals surface area (Å²) in [5, 5.41) is 19.6. The van der Waals surface area contributed by atoms with Crippen LogP contribution in [0.25, 0.3) is 0 Å². The lowest BCUT2D eigenvalue weighted by molar-refractivity contribution is -0.384. The number of nitrogens with one attached hydrogen (secondary N) is 3. The minimum absolute atomic E-state index is 0.0577. The van der Waals surface area contributed by atoms with Gasteiger partial charge in [0.2, 0.25) is 0 Å². The van der Waals surface area contributed by atoms with Crippen molar-refractivity contribution >= 4 is 17.3 Å². The van der Waals surface area contributed by atoms with E-state index in [1.165, 1.54) is 24.5 Å². The lowest BCUT2D eigenvalue weighted by Gasteiger charge is -2.06. The highest BCUT2D eigenvalue weighted by molar-refractivity contribution is 5.95. The van der Waals surface area contributed by atoms with Crippen molar-refractivity contribution in [3.63, 3.8) is 0 Å². The maximum absolute atomic E-state index is 11.9. The predicted octanol–water partition coefficient (Wildman–Crippen LogP) is -0.0715. The second kappa shape index (κ2) is 5.75. The van der Waals surface area contributed by atoms with Crippen LogP contribution >= 0.6 is 0 Å². The van der Waals surface area contributed by atoms with Crippen molar-refractivity contribution in [2.45, 2.75) is 6.54 Å². The van der Waals surface area contributed by atoms with Crippen LogP contribution in [-0.2, 0) is 6.54 Å². The highest BCUT2D eigenvalue weighted by Crippen LogP contribution is 2.24. The zero-order valence-electron chi connectivity index (χ0n) is 10.2. The Labute approximate surface area is 112 Å². The van der Waals surface area contributed by atoms with Gasteiger partial charge in [0.15, 0.2) is 0 Å². The molecule has 0 atom stereocenters. The summed E-state index contributed by atoms with van der Waals surface area (Å²) in [5.41, 5.74) is 2.28. The van der Waals surface area contributed by atoms with Crippen molar-refractivity contribution in [1.29, 1.82) is 0 Å². The van der Waals surface area contributed by atoms with E-state index in [1.54, 1.807) is 0 Å². The number of nitro groups is 1. The van der Waals surface area contributed by atoms with Crippen molar-refractivity contribution in [2.24, 2.45) is 5.84 Å². The first-order valence-electron chi connectivity index (χ1n) is 5.49. The maximum atomic E-state index is 11.9. The molecule has 0 radical (unpaired) electrons. The lowest BCUT2D eigenvalue weighted by atomic mass is 10.1. The molecule has 0 spiro atoms. The number of nitro benzene ring substituents is 1. The Kier molecular flexibility index (Phi) is 3.86. The third-order valence-corrected chi connectivity index (χ3v) is 2.49. The Morgan fingerprint density at radius 1 is 1.50 bits per heavy atom. The summed E-state index contributed by atoms with van der Waals surface area (Å²) in [5.74, 6) is 5.29. The Morgan fingerprint density at radius 3 is 2.90 bits per heavy atom. The molecule has 1 heterocycles. The third kappa shape index (κ3) is 2.87. The summed E-state index contributed by atoms with van der Waals surface area (Å²) < 4.78 is 0. The van der Waals surface area contributed by atoms with Gasteiger partial charge in [-0.1, -0.05) is 0 Å². The molecular formula is C10H11N7O3. The van der Waals surface area contributed by atoms with Crippen molar-refractivity contribution in [1.82, 2.24) is 20.5 Å². The number of anilines is 1. The van der Waals surface area contributed by atoms with E-state index in [4.69, 9.17) is 5.84 Å². The quantitative estimate of drug-likeness (QED) is 0.339. The third-order valence-electron chi connectivity index (χ3n) is 2.49. The van der Waals surface area contributed by atoms with E-state index < -0.39 is 10.8 Å². The Balaban J connectivity index is 2.12. The average molecular weight is 277 g/mol. The second-order valence-electron chi connectivity index (χ2n) is 3.75. The Bertz CT molecular complexity index is 626. The number of amides is 1. The number of aromatic nitrogens is 3. The first-order valence-corrected chi connectivity index (χ1v) is 5.49. The van der Waals surface area contributed by atoms with E-state index in [0.717, 1.165) is 0 Å². The fraction of sp³-hybridized carbons (Fsp3) is 0.100. The van der Waals surface area contributed by atoms with Crippen molar-refractivity contribution in [3.05, 3.63) is 46.0 Å². The summed E-state index contributed by atoms with van der Waals surface area (Å²) in [6.45, 7) is 0.168. The molecule has 1 aromatic heterocycles. The summed E-state index contributed by atoms with van der Waals surface area (Å²) >= 11 is 0. The van der Waals surface area contributed by atoms with Gasteiger partial charge >= 0.3 is 0 Å². The molecule has 0 aliphatic heterocycles. The van der Waals surface area contributed by atoms with Crippen LogP contribution in [0.4, 0.5) is 11.4 Å².